The first-order valence-electron chi connectivity index (χ1n) is 13.4. The molecule has 2 aliphatic rings. The second kappa shape index (κ2) is 10.5. The van der Waals surface area contributed by atoms with E-state index in [2.05, 4.69) is 36.8 Å². The molecule has 3 N–H and O–H groups in total. The Morgan fingerprint density at radius 3 is 2.29 bits per heavy atom. The van der Waals surface area contributed by atoms with Gasteiger partial charge in [-0.3, -0.25) is 9.69 Å². The van der Waals surface area contributed by atoms with Crippen molar-refractivity contribution in [3.8, 4) is 11.3 Å². The third kappa shape index (κ3) is 4.87. The summed E-state index contributed by atoms with van der Waals surface area (Å²) in [6.07, 6.45) is 5.98. The van der Waals surface area contributed by atoms with Crippen LogP contribution in [0.3, 0.4) is 0 Å². The molecule has 38 heavy (non-hydrogen) atoms. The molecule has 2 fully saturated rings. The SMILES string of the molecule is CN1CCN([C@H]2CC[C@@H](n3nc(-c4ccc(C(=O)Nc5ccccc5)cc4)c4c(N)ncnc43)CC2)CC1. The van der Waals surface area contributed by atoms with Gasteiger partial charge in [-0.1, -0.05) is 30.3 Å². The smallest absolute Gasteiger partial charge is 0.255 e. The van der Waals surface area contributed by atoms with Gasteiger partial charge < -0.3 is 16.0 Å². The first-order chi connectivity index (χ1) is 18.6. The summed E-state index contributed by atoms with van der Waals surface area (Å²) >= 11 is 0. The Morgan fingerprint density at radius 2 is 1.58 bits per heavy atom. The van der Waals surface area contributed by atoms with Gasteiger partial charge in [-0.2, -0.15) is 5.10 Å². The van der Waals surface area contributed by atoms with E-state index < -0.39 is 0 Å². The minimum absolute atomic E-state index is 0.155. The third-order valence-electron chi connectivity index (χ3n) is 8.04. The molecule has 2 aromatic heterocycles. The number of nitrogen functional groups attached to an aromatic ring is 1. The maximum atomic E-state index is 12.7. The van der Waals surface area contributed by atoms with Gasteiger partial charge in [-0.05, 0) is 57.0 Å². The summed E-state index contributed by atoms with van der Waals surface area (Å²) in [4.78, 5) is 26.7. The van der Waals surface area contributed by atoms with Gasteiger partial charge in [-0.15, -0.1) is 0 Å². The molecule has 0 radical (unpaired) electrons. The van der Waals surface area contributed by atoms with Crippen LogP contribution < -0.4 is 11.1 Å². The van der Waals surface area contributed by atoms with Gasteiger partial charge in [0.2, 0.25) is 0 Å². The van der Waals surface area contributed by atoms with E-state index in [0.717, 1.165) is 79.8 Å². The van der Waals surface area contributed by atoms with E-state index in [1.54, 1.807) is 0 Å². The van der Waals surface area contributed by atoms with Crippen LogP contribution in [0.5, 0.6) is 0 Å². The van der Waals surface area contributed by atoms with E-state index in [1.165, 1.54) is 6.33 Å². The number of nitrogens with two attached hydrogens (primary N) is 1. The Morgan fingerprint density at radius 1 is 0.895 bits per heavy atom. The summed E-state index contributed by atoms with van der Waals surface area (Å²) in [5, 5.41) is 8.75. The van der Waals surface area contributed by atoms with Crippen LogP contribution in [0.15, 0.2) is 60.9 Å². The summed E-state index contributed by atoms with van der Waals surface area (Å²) < 4.78 is 2.07. The number of carbonyl (C=O) groups is 1. The lowest BCUT2D eigenvalue weighted by Gasteiger charge is -2.41. The number of aromatic nitrogens is 4. The van der Waals surface area contributed by atoms with E-state index in [4.69, 9.17) is 10.8 Å². The van der Waals surface area contributed by atoms with E-state index in [0.29, 0.717) is 17.4 Å². The molecule has 0 spiro atoms. The molecule has 6 rings (SSSR count). The highest BCUT2D eigenvalue weighted by Gasteiger charge is 2.30. The number of benzene rings is 2. The van der Waals surface area contributed by atoms with Crippen LogP contribution in [0, 0.1) is 0 Å². The number of carbonyl (C=O) groups excluding carboxylic acids is 1. The average Bonchev–Trinajstić information content (AvgIpc) is 3.35. The highest BCUT2D eigenvalue weighted by molar-refractivity contribution is 6.05. The monoisotopic (exact) mass is 510 g/mol. The summed E-state index contributed by atoms with van der Waals surface area (Å²) in [6.45, 7) is 4.61. The Bertz CT molecular complexity index is 1400. The molecule has 2 aromatic carbocycles. The minimum Gasteiger partial charge on any atom is -0.383 e. The second-order valence-corrected chi connectivity index (χ2v) is 10.4. The van der Waals surface area contributed by atoms with Crippen LogP contribution >= 0.6 is 0 Å². The summed E-state index contributed by atoms with van der Waals surface area (Å²) in [7, 11) is 2.20. The van der Waals surface area contributed by atoms with E-state index >= 15 is 0 Å². The molecule has 1 amide bonds. The number of rotatable bonds is 5. The van der Waals surface area contributed by atoms with Gasteiger partial charge in [0.25, 0.3) is 5.91 Å². The number of nitrogens with zero attached hydrogens (tertiary/aromatic N) is 6. The number of hydrogen-bond acceptors (Lipinski definition) is 7. The maximum Gasteiger partial charge on any atom is 0.255 e. The minimum atomic E-state index is -0.155. The molecule has 1 aliphatic carbocycles. The first-order valence-corrected chi connectivity index (χ1v) is 13.4. The summed E-state index contributed by atoms with van der Waals surface area (Å²) in [5.41, 5.74) is 10.1. The summed E-state index contributed by atoms with van der Waals surface area (Å²) in [6, 6.07) is 17.8. The molecule has 1 aliphatic heterocycles. The van der Waals surface area contributed by atoms with Crippen molar-refractivity contribution in [1.29, 1.82) is 0 Å². The van der Waals surface area contributed by atoms with Crippen molar-refractivity contribution < 1.29 is 4.79 Å². The fourth-order valence-electron chi connectivity index (χ4n) is 5.81. The third-order valence-corrected chi connectivity index (χ3v) is 8.04. The van der Waals surface area contributed by atoms with Gasteiger partial charge in [0, 0.05) is 49.0 Å². The molecule has 9 heteroatoms. The van der Waals surface area contributed by atoms with Gasteiger partial charge >= 0.3 is 0 Å². The van der Waals surface area contributed by atoms with E-state index in [-0.39, 0.29) is 11.9 Å². The molecule has 0 unspecified atom stereocenters. The fourth-order valence-corrected chi connectivity index (χ4v) is 5.81. The number of fused-ring (bicyclic) bond motifs is 1. The number of piperazine rings is 1. The largest absolute Gasteiger partial charge is 0.383 e. The predicted molar refractivity (Wildman–Crippen MR) is 150 cm³/mol. The van der Waals surface area contributed by atoms with Crippen molar-refractivity contribution >= 4 is 28.4 Å². The molecular weight excluding hydrogens is 476 g/mol. The molecule has 196 valence electrons. The Labute approximate surface area is 222 Å². The highest BCUT2D eigenvalue weighted by atomic mass is 16.1. The van der Waals surface area contributed by atoms with Crippen molar-refractivity contribution in [2.24, 2.45) is 0 Å². The Hall–Kier alpha value is -3.82. The van der Waals surface area contributed by atoms with Gasteiger partial charge in [-0.25, -0.2) is 14.6 Å². The van der Waals surface area contributed by atoms with Crippen molar-refractivity contribution in [1.82, 2.24) is 29.5 Å². The van der Waals surface area contributed by atoms with Crippen LogP contribution in [0.4, 0.5) is 11.5 Å². The van der Waals surface area contributed by atoms with Crippen LogP contribution in [-0.4, -0.2) is 74.7 Å². The number of likely N-dealkylation sites (N-methyl/N-ethyl adjacent to an activating group) is 1. The Balaban J connectivity index is 1.22. The van der Waals surface area contributed by atoms with Crippen LogP contribution in [0.2, 0.25) is 0 Å². The lowest BCUT2D eigenvalue weighted by molar-refractivity contribution is 0.0815. The topological polar surface area (TPSA) is 105 Å². The van der Waals surface area contributed by atoms with Gasteiger partial charge in [0.1, 0.15) is 17.8 Å². The quantitative estimate of drug-likeness (QED) is 0.417. The van der Waals surface area contributed by atoms with Gasteiger partial charge in [0.05, 0.1) is 11.4 Å². The summed E-state index contributed by atoms with van der Waals surface area (Å²) in [5.74, 6) is 0.270. The molecule has 9 nitrogen and oxygen atoms in total. The Kier molecular flexibility index (Phi) is 6.78. The number of nitrogens with one attached hydrogen (secondary N) is 1. The molecular formula is C29H34N8O. The number of hydrogen-bond donors (Lipinski definition) is 2. The van der Waals surface area contributed by atoms with Gasteiger partial charge in [0.15, 0.2) is 5.65 Å². The molecule has 1 saturated carbocycles. The van der Waals surface area contributed by atoms with Crippen LogP contribution in [-0.2, 0) is 0 Å². The lowest BCUT2D eigenvalue weighted by Crippen LogP contribution is -2.49. The molecule has 3 heterocycles. The van der Waals surface area contributed by atoms with Crippen LogP contribution in [0.1, 0.15) is 42.1 Å². The number of anilines is 2. The second-order valence-electron chi connectivity index (χ2n) is 10.4. The average molecular weight is 511 g/mol. The molecule has 1 saturated heterocycles. The molecule has 0 bridgehead atoms. The lowest BCUT2D eigenvalue weighted by atomic mass is 9.90. The van der Waals surface area contributed by atoms with E-state index in [9.17, 15) is 4.79 Å². The zero-order chi connectivity index (χ0) is 26.1. The number of para-hydroxylation sites is 1. The van der Waals surface area contributed by atoms with Crippen molar-refractivity contribution in [3.63, 3.8) is 0 Å². The standard InChI is InChI=1S/C29H34N8O/c1-35-15-17-36(18-16-35)23-11-13-24(14-12-23)37-28-25(27(30)31-19-32-28)26(34-37)20-7-9-21(10-8-20)29(38)33-22-5-3-2-4-6-22/h2-10,19,23-24H,11-18H2,1H3,(H,33,38)(H2,30,31,32)/t23-,24+. The zero-order valence-corrected chi connectivity index (χ0v) is 21.8. The fraction of sp³-hybridized carbons (Fsp3) is 0.379. The zero-order valence-electron chi connectivity index (χ0n) is 21.8. The normalized spacial score (nSPS) is 21.0. The van der Waals surface area contributed by atoms with E-state index in [1.807, 2.05) is 54.6 Å². The molecule has 4 aromatic rings. The highest BCUT2D eigenvalue weighted by Crippen LogP contribution is 2.37. The molecule has 0 atom stereocenters. The number of amides is 1. The predicted octanol–water partition coefficient (Wildman–Crippen LogP) is 4.06. The maximum absolute atomic E-state index is 12.7. The van der Waals surface area contributed by atoms with Crippen LogP contribution in [0.25, 0.3) is 22.3 Å². The van der Waals surface area contributed by atoms with Crippen molar-refractivity contribution in [3.05, 3.63) is 66.5 Å². The van der Waals surface area contributed by atoms with Crippen molar-refractivity contribution in [2.75, 3.05) is 44.3 Å². The first kappa shape index (κ1) is 24.5. The van der Waals surface area contributed by atoms with Crippen molar-refractivity contribution in [2.45, 2.75) is 37.8 Å².